The van der Waals surface area contributed by atoms with Crippen LogP contribution in [0.2, 0.25) is 0 Å². The maximum atomic E-state index is 12.6. The molecule has 2 aromatic carbocycles. The molecule has 1 unspecified atom stereocenters. The third-order valence-electron chi connectivity index (χ3n) is 5.84. The minimum atomic E-state index is -0.306. The van der Waals surface area contributed by atoms with E-state index in [0.29, 0.717) is 17.7 Å². The Hall–Kier alpha value is -3.72. The number of carbonyl (C=O) groups is 1. The molecular weight excluding hydrogens is 388 g/mol. The lowest BCUT2D eigenvalue weighted by Crippen LogP contribution is -2.43. The van der Waals surface area contributed by atoms with Crippen LogP contribution < -0.4 is 15.4 Å². The third kappa shape index (κ3) is 3.87. The van der Waals surface area contributed by atoms with Gasteiger partial charge in [-0.25, -0.2) is 0 Å². The van der Waals surface area contributed by atoms with E-state index in [1.807, 2.05) is 12.1 Å². The number of rotatable bonds is 7. The van der Waals surface area contributed by atoms with Crippen molar-refractivity contribution in [1.29, 1.82) is 5.26 Å². The minimum Gasteiger partial charge on any atom is -0.497 e. The van der Waals surface area contributed by atoms with Crippen LogP contribution in [0.5, 0.6) is 5.75 Å². The Morgan fingerprint density at radius 1 is 1.19 bits per heavy atom. The van der Waals surface area contributed by atoms with Gasteiger partial charge >= 0.3 is 0 Å². The van der Waals surface area contributed by atoms with Crippen LogP contribution in [0, 0.1) is 11.3 Å². The maximum absolute atomic E-state index is 12.6. The monoisotopic (exact) mass is 414 g/mol. The van der Waals surface area contributed by atoms with Crippen molar-refractivity contribution in [3.8, 4) is 17.5 Å². The summed E-state index contributed by atoms with van der Waals surface area (Å²) in [5, 5.41) is 15.9. The summed E-state index contributed by atoms with van der Waals surface area (Å²) in [6.45, 7) is 2.68. The van der Waals surface area contributed by atoms with Gasteiger partial charge in [0.05, 0.1) is 35.7 Å². The molecule has 6 nitrogen and oxygen atoms in total. The molecule has 1 amide bonds. The second-order valence-electron chi connectivity index (χ2n) is 7.80. The molecule has 2 N–H and O–H groups in total. The minimum absolute atomic E-state index is 0.169. The van der Waals surface area contributed by atoms with Gasteiger partial charge in [-0.1, -0.05) is 19.4 Å². The van der Waals surface area contributed by atoms with E-state index in [9.17, 15) is 4.79 Å². The highest BCUT2D eigenvalue weighted by atomic mass is 16.5. The SMILES string of the molecule is CCCC1(CCNC(=O)c2cccc(C#N)c2)Nc2cc(OC)ccc2-n2cccc21. The van der Waals surface area contributed by atoms with Gasteiger partial charge in [-0.3, -0.25) is 4.79 Å². The van der Waals surface area contributed by atoms with Crippen LogP contribution in [0.15, 0.2) is 60.8 Å². The number of ether oxygens (including phenoxy) is 1. The Bertz CT molecular complexity index is 1140. The maximum Gasteiger partial charge on any atom is 0.251 e. The fraction of sp³-hybridized carbons (Fsp3) is 0.280. The van der Waals surface area contributed by atoms with Crippen molar-refractivity contribution >= 4 is 11.6 Å². The summed E-state index contributed by atoms with van der Waals surface area (Å²) in [5.41, 5.74) is 3.97. The van der Waals surface area contributed by atoms with Gasteiger partial charge in [-0.15, -0.1) is 0 Å². The summed E-state index contributed by atoms with van der Waals surface area (Å²) in [6.07, 6.45) is 4.73. The van der Waals surface area contributed by atoms with E-state index in [2.05, 4.69) is 52.6 Å². The highest BCUT2D eigenvalue weighted by molar-refractivity contribution is 5.94. The number of nitrogens with zero attached hydrogens (tertiary/aromatic N) is 2. The van der Waals surface area contributed by atoms with Gasteiger partial charge in [-0.2, -0.15) is 5.26 Å². The molecule has 0 fully saturated rings. The van der Waals surface area contributed by atoms with Crippen LogP contribution in [-0.2, 0) is 5.54 Å². The molecule has 3 aromatic rings. The summed E-state index contributed by atoms with van der Waals surface area (Å²) in [5.74, 6) is 0.634. The number of methoxy groups -OCH3 is 1. The number of nitriles is 1. The highest BCUT2D eigenvalue weighted by Crippen LogP contribution is 2.43. The average Bonchev–Trinajstić information content (AvgIpc) is 3.30. The normalized spacial score (nSPS) is 16.4. The van der Waals surface area contributed by atoms with Crippen molar-refractivity contribution in [2.45, 2.75) is 31.7 Å². The molecule has 0 saturated carbocycles. The highest BCUT2D eigenvalue weighted by Gasteiger charge is 2.38. The summed E-state index contributed by atoms with van der Waals surface area (Å²) < 4.78 is 7.65. The molecule has 31 heavy (non-hydrogen) atoms. The Kier molecular flexibility index (Phi) is 5.68. The Morgan fingerprint density at radius 3 is 2.84 bits per heavy atom. The number of hydrogen-bond donors (Lipinski definition) is 2. The molecule has 1 aromatic heterocycles. The Morgan fingerprint density at radius 2 is 2.06 bits per heavy atom. The lowest BCUT2D eigenvalue weighted by molar-refractivity contribution is 0.0950. The summed E-state index contributed by atoms with van der Waals surface area (Å²) in [4.78, 5) is 12.6. The summed E-state index contributed by atoms with van der Waals surface area (Å²) in [7, 11) is 1.67. The number of carbonyl (C=O) groups excluding carboxylic acids is 1. The van der Waals surface area contributed by atoms with Crippen LogP contribution in [0.4, 0.5) is 5.69 Å². The largest absolute Gasteiger partial charge is 0.497 e. The molecule has 2 heterocycles. The van der Waals surface area contributed by atoms with E-state index in [4.69, 9.17) is 10.00 Å². The van der Waals surface area contributed by atoms with Crippen molar-refractivity contribution in [3.63, 3.8) is 0 Å². The van der Waals surface area contributed by atoms with Gasteiger partial charge in [0.1, 0.15) is 5.75 Å². The average molecular weight is 415 g/mol. The molecule has 0 spiro atoms. The van der Waals surface area contributed by atoms with Crippen molar-refractivity contribution < 1.29 is 9.53 Å². The van der Waals surface area contributed by atoms with Gasteiger partial charge in [0, 0.05) is 30.1 Å². The van der Waals surface area contributed by atoms with Crippen LogP contribution >= 0.6 is 0 Å². The predicted octanol–water partition coefficient (Wildman–Crippen LogP) is 4.60. The first-order valence-electron chi connectivity index (χ1n) is 10.5. The Balaban J connectivity index is 1.57. The van der Waals surface area contributed by atoms with Gasteiger partial charge in [0.2, 0.25) is 0 Å². The van der Waals surface area contributed by atoms with Crippen LogP contribution in [0.3, 0.4) is 0 Å². The molecule has 0 bridgehead atoms. The number of nitrogens with one attached hydrogen (secondary N) is 2. The molecular formula is C25H26N4O2. The predicted molar refractivity (Wildman–Crippen MR) is 121 cm³/mol. The van der Waals surface area contributed by atoms with Crippen LogP contribution in [-0.4, -0.2) is 24.1 Å². The molecule has 158 valence electrons. The lowest BCUT2D eigenvalue weighted by Gasteiger charge is -2.41. The fourth-order valence-corrected chi connectivity index (χ4v) is 4.41. The molecule has 0 saturated heterocycles. The fourth-order valence-electron chi connectivity index (χ4n) is 4.41. The van der Waals surface area contributed by atoms with E-state index in [-0.39, 0.29) is 11.4 Å². The third-order valence-corrected chi connectivity index (χ3v) is 5.84. The molecule has 1 atom stereocenters. The zero-order valence-corrected chi connectivity index (χ0v) is 17.8. The van der Waals surface area contributed by atoms with Crippen molar-refractivity contribution in [2.24, 2.45) is 0 Å². The second-order valence-corrected chi connectivity index (χ2v) is 7.80. The first kappa shape index (κ1) is 20.5. The molecule has 0 radical (unpaired) electrons. The van der Waals surface area contributed by atoms with E-state index < -0.39 is 0 Å². The van der Waals surface area contributed by atoms with Crippen LogP contribution in [0.25, 0.3) is 5.69 Å². The molecule has 1 aliphatic rings. The Labute approximate surface area is 182 Å². The number of fused-ring (bicyclic) bond motifs is 3. The first-order valence-corrected chi connectivity index (χ1v) is 10.5. The van der Waals surface area contributed by atoms with E-state index in [1.165, 1.54) is 5.69 Å². The van der Waals surface area contributed by atoms with Crippen molar-refractivity contribution in [3.05, 3.63) is 77.6 Å². The van der Waals surface area contributed by atoms with Gasteiger partial charge < -0.3 is 19.9 Å². The second kappa shape index (κ2) is 8.57. The first-order chi connectivity index (χ1) is 15.1. The van der Waals surface area contributed by atoms with Gasteiger partial charge in [-0.05, 0) is 55.3 Å². The molecule has 6 heteroatoms. The lowest BCUT2D eigenvalue weighted by atomic mass is 9.84. The van der Waals surface area contributed by atoms with Gasteiger partial charge in [0.25, 0.3) is 5.91 Å². The zero-order valence-electron chi connectivity index (χ0n) is 17.8. The van der Waals surface area contributed by atoms with E-state index in [1.54, 1.807) is 31.4 Å². The number of benzene rings is 2. The standard InChI is InChI=1S/C25H26N4O2/c1-3-11-25(12-13-27-24(30)19-7-4-6-18(15-19)17-26)23-8-5-14-29(23)22-10-9-20(31-2)16-21(22)28-25/h4-10,14-16,28H,3,11-13H2,1-2H3,(H,27,30). The van der Waals surface area contributed by atoms with E-state index in [0.717, 1.165) is 36.4 Å². The zero-order chi connectivity index (χ0) is 21.8. The number of amides is 1. The van der Waals surface area contributed by atoms with Crippen molar-refractivity contribution in [1.82, 2.24) is 9.88 Å². The molecule has 1 aliphatic heterocycles. The molecule has 4 rings (SSSR count). The van der Waals surface area contributed by atoms with Crippen LogP contribution in [0.1, 0.15) is 47.8 Å². The number of aromatic nitrogens is 1. The van der Waals surface area contributed by atoms with E-state index >= 15 is 0 Å². The summed E-state index contributed by atoms with van der Waals surface area (Å²) >= 11 is 0. The topological polar surface area (TPSA) is 79.1 Å². The van der Waals surface area contributed by atoms with Crippen molar-refractivity contribution in [2.75, 3.05) is 19.0 Å². The molecule has 0 aliphatic carbocycles. The number of hydrogen-bond acceptors (Lipinski definition) is 4. The number of anilines is 1. The van der Waals surface area contributed by atoms with Gasteiger partial charge in [0.15, 0.2) is 0 Å². The smallest absolute Gasteiger partial charge is 0.251 e. The quantitative estimate of drug-likeness (QED) is 0.592. The summed E-state index contributed by atoms with van der Waals surface area (Å²) in [6, 6.07) is 19.1.